The molecule has 1 rings (SSSR count). The van der Waals surface area contributed by atoms with Gasteiger partial charge in [-0.05, 0) is 12.5 Å². The highest BCUT2D eigenvalue weighted by molar-refractivity contribution is 7.99. The van der Waals surface area contributed by atoms with Crippen LogP contribution in [0, 0.1) is 0 Å². The molecule has 3 amide bonds. The van der Waals surface area contributed by atoms with Crippen LogP contribution >= 0.6 is 11.8 Å². The van der Waals surface area contributed by atoms with Gasteiger partial charge < -0.3 is 5.32 Å². The maximum atomic E-state index is 11.5. The van der Waals surface area contributed by atoms with Gasteiger partial charge in [-0.15, -0.1) is 11.8 Å². The molecule has 0 saturated carbocycles. The molecule has 0 spiro atoms. The van der Waals surface area contributed by atoms with E-state index in [1.807, 2.05) is 30.3 Å². The highest BCUT2D eigenvalue weighted by Gasteiger charge is 2.15. The molecule has 0 aromatic heterocycles. The van der Waals surface area contributed by atoms with Gasteiger partial charge in [-0.3, -0.25) is 10.1 Å². The summed E-state index contributed by atoms with van der Waals surface area (Å²) in [5.74, 6) is 0.480. The summed E-state index contributed by atoms with van der Waals surface area (Å²) in [6.07, 6.45) is 0. The molecule has 1 aromatic carbocycles. The number of hydrogen-bond donors (Lipinski definition) is 2. The molecule has 92 valence electrons. The molecule has 0 heterocycles. The van der Waals surface area contributed by atoms with Crippen molar-refractivity contribution in [3.8, 4) is 0 Å². The summed E-state index contributed by atoms with van der Waals surface area (Å²) in [6, 6.07) is 9.43. The third kappa shape index (κ3) is 4.91. The van der Waals surface area contributed by atoms with Crippen LogP contribution in [0.5, 0.6) is 0 Å². The van der Waals surface area contributed by atoms with E-state index in [1.54, 1.807) is 6.92 Å². The fourth-order valence-corrected chi connectivity index (χ4v) is 1.99. The Bertz CT molecular complexity index is 381. The van der Waals surface area contributed by atoms with E-state index in [9.17, 15) is 9.59 Å². The fourth-order valence-electron chi connectivity index (χ4n) is 1.15. The minimum Gasteiger partial charge on any atom is -0.341 e. The van der Waals surface area contributed by atoms with Crippen LogP contribution in [-0.2, 0) is 10.5 Å². The molecule has 0 aliphatic heterocycles. The van der Waals surface area contributed by atoms with Gasteiger partial charge >= 0.3 is 6.03 Å². The second kappa shape index (κ2) is 6.96. The Kier molecular flexibility index (Phi) is 5.56. The Balaban J connectivity index is 2.37. The zero-order valence-electron chi connectivity index (χ0n) is 9.90. The number of benzene rings is 1. The van der Waals surface area contributed by atoms with E-state index in [4.69, 9.17) is 0 Å². The molecular formula is C12H16N2O2S. The molecule has 5 heteroatoms. The van der Waals surface area contributed by atoms with Gasteiger partial charge in [0.1, 0.15) is 0 Å². The second-order valence-electron chi connectivity index (χ2n) is 3.51. The summed E-state index contributed by atoms with van der Waals surface area (Å²) in [6.45, 7) is 1.78. The number of thioether (sulfide) groups is 1. The van der Waals surface area contributed by atoms with Crippen molar-refractivity contribution in [2.24, 2.45) is 0 Å². The van der Waals surface area contributed by atoms with E-state index in [2.05, 4.69) is 10.6 Å². The highest BCUT2D eigenvalue weighted by Crippen LogP contribution is 2.17. The first-order valence-corrected chi connectivity index (χ1v) is 6.36. The van der Waals surface area contributed by atoms with Crippen LogP contribution in [0.3, 0.4) is 0 Å². The molecule has 1 aromatic rings. The zero-order valence-corrected chi connectivity index (χ0v) is 10.7. The van der Waals surface area contributed by atoms with Crippen LogP contribution in [0.15, 0.2) is 30.3 Å². The monoisotopic (exact) mass is 252 g/mol. The zero-order chi connectivity index (χ0) is 12.7. The number of carbonyl (C=O) groups excluding carboxylic acids is 2. The third-order valence-corrected chi connectivity index (χ3v) is 3.39. The van der Waals surface area contributed by atoms with Crippen molar-refractivity contribution in [1.82, 2.24) is 10.6 Å². The predicted molar refractivity (Wildman–Crippen MR) is 69.8 cm³/mol. The van der Waals surface area contributed by atoms with Crippen LogP contribution < -0.4 is 10.6 Å². The van der Waals surface area contributed by atoms with Crippen molar-refractivity contribution >= 4 is 23.7 Å². The predicted octanol–water partition coefficient (Wildman–Crippen LogP) is 1.76. The molecule has 0 bridgehead atoms. The quantitative estimate of drug-likeness (QED) is 0.858. The lowest BCUT2D eigenvalue weighted by molar-refractivity contribution is -0.119. The summed E-state index contributed by atoms with van der Waals surface area (Å²) in [5.41, 5.74) is 1.16. The SMILES string of the molecule is CNC(=O)NC(=O)[C@H](C)SCc1ccccc1. The molecule has 0 unspecified atom stereocenters. The number of amides is 3. The van der Waals surface area contributed by atoms with Crippen molar-refractivity contribution in [1.29, 1.82) is 0 Å². The van der Waals surface area contributed by atoms with Crippen molar-refractivity contribution in [2.75, 3.05) is 7.05 Å². The summed E-state index contributed by atoms with van der Waals surface area (Å²) in [5, 5.41) is 4.34. The number of rotatable bonds is 4. The maximum Gasteiger partial charge on any atom is 0.321 e. The molecule has 1 atom stereocenters. The Labute approximate surface area is 105 Å². The molecule has 0 aliphatic carbocycles. The summed E-state index contributed by atoms with van der Waals surface area (Å²) < 4.78 is 0. The minimum atomic E-state index is -0.470. The van der Waals surface area contributed by atoms with Crippen molar-refractivity contribution in [2.45, 2.75) is 17.9 Å². The van der Waals surface area contributed by atoms with Crippen molar-refractivity contribution in [3.05, 3.63) is 35.9 Å². The first-order chi connectivity index (χ1) is 8.13. The van der Waals surface area contributed by atoms with Crippen LogP contribution in [0.25, 0.3) is 0 Å². The molecule has 2 N–H and O–H groups in total. The Morgan fingerprint density at radius 1 is 1.29 bits per heavy atom. The van der Waals surface area contributed by atoms with Gasteiger partial charge in [-0.25, -0.2) is 4.79 Å². The normalized spacial score (nSPS) is 11.6. The fraction of sp³-hybridized carbons (Fsp3) is 0.333. The molecule has 4 nitrogen and oxygen atoms in total. The van der Waals surface area contributed by atoms with Crippen molar-refractivity contribution < 1.29 is 9.59 Å². The van der Waals surface area contributed by atoms with E-state index in [1.165, 1.54) is 18.8 Å². The van der Waals surface area contributed by atoms with Gasteiger partial charge in [-0.2, -0.15) is 0 Å². The molecule has 0 aliphatic rings. The molecule has 0 radical (unpaired) electrons. The average molecular weight is 252 g/mol. The largest absolute Gasteiger partial charge is 0.341 e. The smallest absolute Gasteiger partial charge is 0.321 e. The summed E-state index contributed by atoms with van der Waals surface area (Å²) in [4.78, 5) is 22.5. The maximum absolute atomic E-state index is 11.5. The average Bonchev–Trinajstić information content (AvgIpc) is 2.36. The van der Waals surface area contributed by atoms with Crippen LogP contribution in [0.4, 0.5) is 4.79 Å². The van der Waals surface area contributed by atoms with E-state index in [0.717, 1.165) is 11.3 Å². The first-order valence-electron chi connectivity index (χ1n) is 5.31. The lowest BCUT2D eigenvalue weighted by Gasteiger charge is -2.10. The molecular weight excluding hydrogens is 236 g/mol. The number of imide groups is 1. The standard InChI is InChI=1S/C12H16N2O2S/c1-9(11(15)14-12(16)13-2)17-8-10-6-4-3-5-7-10/h3-7,9H,8H2,1-2H3,(H2,13,14,15,16)/t9-/m0/s1. The molecule has 0 saturated heterocycles. The second-order valence-corrected chi connectivity index (χ2v) is 4.84. The van der Waals surface area contributed by atoms with E-state index < -0.39 is 6.03 Å². The van der Waals surface area contributed by atoms with Crippen LogP contribution in [0.1, 0.15) is 12.5 Å². The number of urea groups is 1. The summed E-state index contributed by atoms with van der Waals surface area (Å²) in [7, 11) is 1.48. The summed E-state index contributed by atoms with van der Waals surface area (Å²) >= 11 is 1.50. The van der Waals surface area contributed by atoms with E-state index in [-0.39, 0.29) is 11.2 Å². The number of hydrogen-bond acceptors (Lipinski definition) is 3. The Morgan fingerprint density at radius 2 is 1.94 bits per heavy atom. The van der Waals surface area contributed by atoms with E-state index >= 15 is 0 Å². The van der Waals surface area contributed by atoms with Gasteiger partial charge in [0.05, 0.1) is 5.25 Å². The van der Waals surface area contributed by atoms with Crippen LogP contribution in [-0.4, -0.2) is 24.2 Å². The molecule has 17 heavy (non-hydrogen) atoms. The van der Waals surface area contributed by atoms with Gasteiger partial charge in [0, 0.05) is 12.8 Å². The van der Waals surface area contributed by atoms with Gasteiger partial charge in [-0.1, -0.05) is 30.3 Å². The van der Waals surface area contributed by atoms with Crippen molar-refractivity contribution in [3.63, 3.8) is 0 Å². The number of nitrogens with one attached hydrogen (secondary N) is 2. The number of carbonyl (C=O) groups is 2. The topological polar surface area (TPSA) is 58.2 Å². The van der Waals surface area contributed by atoms with Gasteiger partial charge in [0.2, 0.25) is 5.91 Å². The molecule has 0 fully saturated rings. The highest BCUT2D eigenvalue weighted by atomic mass is 32.2. The lowest BCUT2D eigenvalue weighted by Crippen LogP contribution is -2.41. The van der Waals surface area contributed by atoms with Crippen LogP contribution in [0.2, 0.25) is 0 Å². The third-order valence-electron chi connectivity index (χ3n) is 2.18. The van der Waals surface area contributed by atoms with Gasteiger partial charge in [0.15, 0.2) is 0 Å². The lowest BCUT2D eigenvalue weighted by atomic mass is 10.2. The minimum absolute atomic E-state index is 0.257. The van der Waals surface area contributed by atoms with E-state index in [0.29, 0.717) is 0 Å². The Hall–Kier alpha value is -1.49. The Morgan fingerprint density at radius 3 is 2.53 bits per heavy atom. The van der Waals surface area contributed by atoms with Gasteiger partial charge in [0.25, 0.3) is 0 Å². The first kappa shape index (κ1) is 13.6.